The number of nitrogen functional groups attached to an aromatic ring is 1. The molecule has 0 saturated heterocycles. The van der Waals surface area contributed by atoms with Crippen LogP contribution in [0.1, 0.15) is 5.56 Å². The van der Waals surface area contributed by atoms with Crippen molar-refractivity contribution in [3.63, 3.8) is 0 Å². The van der Waals surface area contributed by atoms with E-state index in [0.29, 0.717) is 11.6 Å². The largest absolute Gasteiger partial charge is 0.380 e. The summed E-state index contributed by atoms with van der Waals surface area (Å²) in [7, 11) is 0. The number of aryl methyl sites for hydroxylation is 1. The lowest BCUT2D eigenvalue weighted by Crippen LogP contribution is -1.89. The SMILES string of the molecule is Cc1ccc(-c2onc(N)c2-c2cccc(Br)c2)c(Br)c1. The second-order valence-electron chi connectivity index (χ2n) is 4.77. The molecule has 106 valence electrons. The molecule has 0 unspecified atom stereocenters. The monoisotopic (exact) mass is 406 g/mol. The first-order valence-corrected chi connectivity index (χ1v) is 7.92. The highest BCUT2D eigenvalue weighted by molar-refractivity contribution is 9.10. The Labute approximate surface area is 139 Å². The Bertz CT molecular complexity index is 812. The van der Waals surface area contributed by atoms with Gasteiger partial charge in [0.2, 0.25) is 0 Å². The van der Waals surface area contributed by atoms with Crippen LogP contribution in [0.2, 0.25) is 0 Å². The van der Waals surface area contributed by atoms with Crippen LogP contribution in [0.15, 0.2) is 55.9 Å². The van der Waals surface area contributed by atoms with Gasteiger partial charge >= 0.3 is 0 Å². The molecule has 3 aromatic rings. The van der Waals surface area contributed by atoms with Crippen molar-refractivity contribution >= 4 is 37.7 Å². The van der Waals surface area contributed by atoms with E-state index in [4.69, 9.17) is 10.3 Å². The molecule has 0 aliphatic carbocycles. The molecule has 0 fully saturated rings. The summed E-state index contributed by atoms with van der Waals surface area (Å²) in [6.45, 7) is 2.04. The van der Waals surface area contributed by atoms with Gasteiger partial charge in [-0.1, -0.05) is 55.2 Å². The average Bonchev–Trinajstić information content (AvgIpc) is 2.80. The van der Waals surface area contributed by atoms with Crippen LogP contribution in [0.4, 0.5) is 5.82 Å². The number of nitrogens with two attached hydrogens (primary N) is 1. The quantitative estimate of drug-likeness (QED) is 0.616. The number of hydrogen-bond acceptors (Lipinski definition) is 3. The maximum absolute atomic E-state index is 6.01. The van der Waals surface area contributed by atoms with Crippen molar-refractivity contribution in [3.8, 4) is 22.5 Å². The van der Waals surface area contributed by atoms with E-state index in [-0.39, 0.29) is 0 Å². The summed E-state index contributed by atoms with van der Waals surface area (Å²) in [5.74, 6) is 1.05. The fraction of sp³-hybridized carbons (Fsp3) is 0.0625. The Hall–Kier alpha value is -1.59. The second-order valence-corrected chi connectivity index (χ2v) is 6.54. The molecular formula is C16H12Br2N2O. The maximum atomic E-state index is 6.01. The van der Waals surface area contributed by atoms with Gasteiger partial charge in [0.25, 0.3) is 0 Å². The Morgan fingerprint density at radius 2 is 1.90 bits per heavy atom. The first-order chi connectivity index (χ1) is 10.1. The Morgan fingerprint density at radius 1 is 1.10 bits per heavy atom. The lowest BCUT2D eigenvalue weighted by molar-refractivity contribution is 0.436. The molecule has 3 nitrogen and oxygen atoms in total. The molecule has 0 saturated carbocycles. The highest BCUT2D eigenvalue weighted by atomic mass is 79.9. The van der Waals surface area contributed by atoms with Gasteiger partial charge in [0.05, 0.1) is 5.56 Å². The molecule has 0 aliphatic heterocycles. The molecule has 0 bridgehead atoms. The molecule has 21 heavy (non-hydrogen) atoms. The van der Waals surface area contributed by atoms with Crippen LogP contribution in [-0.2, 0) is 0 Å². The summed E-state index contributed by atoms with van der Waals surface area (Å²) in [5, 5.41) is 3.93. The molecule has 2 N–H and O–H groups in total. The van der Waals surface area contributed by atoms with Crippen molar-refractivity contribution in [1.82, 2.24) is 5.16 Å². The normalized spacial score (nSPS) is 10.8. The van der Waals surface area contributed by atoms with Crippen LogP contribution in [0, 0.1) is 6.92 Å². The minimum Gasteiger partial charge on any atom is -0.380 e. The summed E-state index contributed by atoms with van der Waals surface area (Å²) in [6.07, 6.45) is 0. The van der Waals surface area contributed by atoms with Gasteiger partial charge in [0, 0.05) is 14.5 Å². The molecule has 0 amide bonds. The highest BCUT2D eigenvalue weighted by Crippen LogP contribution is 2.40. The number of nitrogens with zero attached hydrogens (tertiary/aromatic N) is 1. The number of rotatable bonds is 2. The predicted molar refractivity (Wildman–Crippen MR) is 91.9 cm³/mol. The van der Waals surface area contributed by atoms with Crippen LogP contribution < -0.4 is 5.73 Å². The van der Waals surface area contributed by atoms with Gasteiger partial charge in [-0.2, -0.15) is 0 Å². The number of halogens is 2. The maximum Gasteiger partial charge on any atom is 0.178 e. The second kappa shape index (κ2) is 5.66. The van der Waals surface area contributed by atoms with E-state index in [9.17, 15) is 0 Å². The lowest BCUT2D eigenvalue weighted by Gasteiger charge is -2.06. The average molecular weight is 408 g/mol. The number of hydrogen-bond donors (Lipinski definition) is 1. The molecule has 3 rings (SSSR count). The van der Waals surface area contributed by atoms with Gasteiger partial charge < -0.3 is 10.3 Å². The predicted octanol–water partition coefficient (Wildman–Crippen LogP) is 5.42. The van der Waals surface area contributed by atoms with Gasteiger partial charge in [-0.05, 0) is 42.3 Å². The standard InChI is InChI=1S/C16H12Br2N2O/c1-9-5-6-12(13(18)7-9)15-14(16(19)20-21-15)10-3-2-4-11(17)8-10/h2-8H,1H3,(H2,19,20). The van der Waals surface area contributed by atoms with E-state index in [2.05, 4.69) is 37.0 Å². The third kappa shape index (κ3) is 2.76. The minimum absolute atomic E-state index is 0.385. The number of benzene rings is 2. The van der Waals surface area contributed by atoms with E-state index in [0.717, 1.165) is 25.6 Å². The first-order valence-electron chi connectivity index (χ1n) is 6.34. The summed E-state index contributed by atoms with van der Waals surface area (Å²) in [6, 6.07) is 14.0. The Balaban J connectivity index is 2.22. The van der Waals surface area contributed by atoms with Gasteiger partial charge in [-0.15, -0.1) is 0 Å². The summed E-state index contributed by atoms with van der Waals surface area (Å²) < 4.78 is 7.41. The van der Waals surface area contributed by atoms with Crippen LogP contribution >= 0.6 is 31.9 Å². The fourth-order valence-corrected chi connectivity index (χ4v) is 3.29. The smallest absolute Gasteiger partial charge is 0.178 e. The van der Waals surface area contributed by atoms with E-state index in [1.807, 2.05) is 49.4 Å². The van der Waals surface area contributed by atoms with E-state index in [1.165, 1.54) is 5.56 Å². The number of anilines is 1. The summed E-state index contributed by atoms with van der Waals surface area (Å²) in [5.41, 5.74) is 9.87. The zero-order valence-electron chi connectivity index (χ0n) is 11.2. The van der Waals surface area contributed by atoms with Crippen molar-refractivity contribution in [2.45, 2.75) is 6.92 Å². The third-order valence-corrected chi connectivity index (χ3v) is 4.35. The van der Waals surface area contributed by atoms with Crippen LogP contribution in [0.3, 0.4) is 0 Å². The zero-order valence-corrected chi connectivity index (χ0v) is 14.4. The molecule has 5 heteroatoms. The molecule has 0 radical (unpaired) electrons. The van der Waals surface area contributed by atoms with Gasteiger partial charge in [-0.25, -0.2) is 0 Å². The highest BCUT2D eigenvalue weighted by Gasteiger charge is 2.19. The Morgan fingerprint density at radius 3 is 2.62 bits per heavy atom. The summed E-state index contributed by atoms with van der Waals surface area (Å²) in [4.78, 5) is 0. The van der Waals surface area contributed by atoms with Crippen molar-refractivity contribution in [2.75, 3.05) is 5.73 Å². The molecule has 0 aliphatic rings. The van der Waals surface area contributed by atoms with Crippen LogP contribution in [-0.4, -0.2) is 5.16 Å². The van der Waals surface area contributed by atoms with Gasteiger partial charge in [-0.3, -0.25) is 0 Å². The van der Waals surface area contributed by atoms with Crippen molar-refractivity contribution < 1.29 is 4.52 Å². The van der Waals surface area contributed by atoms with Crippen molar-refractivity contribution in [3.05, 3.63) is 57.0 Å². The van der Waals surface area contributed by atoms with E-state index < -0.39 is 0 Å². The lowest BCUT2D eigenvalue weighted by atomic mass is 10.0. The topological polar surface area (TPSA) is 52.0 Å². The van der Waals surface area contributed by atoms with E-state index in [1.54, 1.807) is 0 Å². The number of aromatic nitrogens is 1. The van der Waals surface area contributed by atoms with Crippen molar-refractivity contribution in [1.29, 1.82) is 0 Å². The van der Waals surface area contributed by atoms with Crippen LogP contribution in [0.25, 0.3) is 22.5 Å². The molecular weight excluding hydrogens is 396 g/mol. The van der Waals surface area contributed by atoms with Crippen LogP contribution in [0.5, 0.6) is 0 Å². The van der Waals surface area contributed by atoms with Crippen molar-refractivity contribution in [2.24, 2.45) is 0 Å². The summed E-state index contributed by atoms with van der Waals surface area (Å²) >= 11 is 7.05. The minimum atomic E-state index is 0.385. The molecule has 0 spiro atoms. The molecule has 1 aromatic heterocycles. The first kappa shape index (κ1) is 14.4. The van der Waals surface area contributed by atoms with Gasteiger partial charge in [0.15, 0.2) is 11.6 Å². The zero-order chi connectivity index (χ0) is 15.0. The van der Waals surface area contributed by atoms with Gasteiger partial charge in [0.1, 0.15) is 0 Å². The molecule has 1 heterocycles. The van der Waals surface area contributed by atoms with E-state index >= 15 is 0 Å². The Kier molecular flexibility index (Phi) is 3.87. The molecule has 0 atom stereocenters. The fourth-order valence-electron chi connectivity index (χ4n) is 2.21. The molecule has 2 aromatic carbocycles. The third-order valence-electron chi connectivity index (χ3n) is 3.20.